The summed E-state index contributed by atoms with van der Waals surface area (Å²) in [5.41, 5.74) is 0.220. The fraction of sp³-hybridized carbons (Fsp3) is 0.100. The largest absolute Gasteiger partial charge is 0.301 e. The highest BCUT2D eigenvalue weighted by Gasteiger charge is 2.35. The third-order valence-corrected chi connectivity index (χ3v) is 2.18. The highest BCUT2D eigenvalue weighted by atomic mass is 16.1. The Morgan fingerprint density at radius 1 is 1.15 bits per heavy atom. The van der Waals surface area contributed by atoms with Crippen molar-refractivity contribution in [2.75, 3.05) is 0 Å². The molecule has 64 valence electrons. The summed E-state index contributed by atoms with van der Waals surface area (Å²) >= 11 is 0. The van der Waals surface area contributed by atoms with Gasteiger partial charge in [0.05, 0.1) is 5.69 Å². The van der Waals surface area contributed by atoms with Crippen LogP contribution in [0, 0.1) is 0 Å². The maximum Gasteiger partial charge on any atom is 0.143 e. The number of rotatable bonds is 2. The van der Waals surface area contributed by atoms with Gasteiger partial charge in [-0.3, -0.25) is 4.99 Å². The summed E-state index contributed by atoms with van der Waals surface area (Å²) in [6, 6.07) is 7.13. The number of aldehydes is 2. The quantitative estimate of drug-likeness (QED) is 0.495. The molecule has 0 spiro atoms. The Bertz CT molecular complexity index is 388. The second-order valence-corrected chi connectivity index (χ2v) is 2.94. The summed E-state index contributed by atoms with van der Waals surface area (Å²) in [7, 11) is 0. The maximum atomic E-state index is 10.8. The van der Waals surface area contributed by atoms with Crippen molar-refractivity contribution in [2.45, 2.75) is 5.41 Å². The molecule has 0 atom stereocenters. The molecule has 1 heterocycles. The van der Waals surface area contributed by atoms with Gasteiger partial charge >= 0.3 is 0 Å². The van der Waals surface area contributed by atoms with Crippen LogP contribution in [0.4, 0.5) is 5.69 Å². The number of fused-ring (bicyclic) bond motifs is 1. The number of aliphatic imine (C=N–C) groups is 1. The first kappa shape index (κ1) is 7.86. The van der Waals surface area contributed by atoms with E-state index < -0.39 is 5.41 Å². The predicted molar refractivity (Wildman–Crippen MR) is 48.4 cm³/mol. The molecule has 0 radical (unpaired) electrons. The molecule has 0 unspecified atom stereocenters. The van der Waals surface area contributed by atoms with Crippen molar-refractivity contribution in [2.24, 2.45) is 4.99 Å². The van der Waals surface area contributed by atoms with Crippen molar-refractivity contribution in [1.29, 1.82) is 0 Å². The van der Waals surface area contributed by atoms with Crippen molar-refractivity contribution in [3.63, 3.8) is 0 Å². The van der Waals surface area contributed by atoms with Crippen LogP contribution in [-0.2, 0) is 15.0 Å². The minimum atomic E-state index is -1.14. The van der Waals surface area contributed by atoms with Gasteiger partial charge < -0.3 is 9.59 Å². The molecule has 1 aliphatic heterocycles. The molecule has 1 aromatic carbocycles. The second-order valence-electron chi connectivity index (χ2n) is 2.94. The van der Waals surface area contributed by atoms with Crippen LogP contribution < -0.4 is 0 Å². The summed E-state index contributed by atoms with van der Waals surface area (Å²) in [4.78, 5) is 25.6. The zero-order valence-electron chi connectivity index (χ0n) is 6.81. The molecule has 0 N–H and O–H groups in total. The first-order chi connectivity index (χ1) is 6.32. The lowest BCUT2D eigenvalue weighted by molar-refractivity contribution is -0.118. The molecule has 0 aliphatic carbocycles. The molecule has 0 saturated heterocycles. The molecule has 13 heavy (non-hydrogen) atoms. The predicted octanol–water partition coefficient (Wildman–Crippen LogP) is 1.04. The summed E-state index contributed by atoms with van der Waals surface area (Å²) < 4.78 is 0. The van der Waals surface area contributed by atoms with E-state index in [0.29, 0.717) is 23.8 Å². The Morgan fingerprint density at radius 2 is 1.85 bits per heavy atom. The summed E-state index contributed by atoms with van der Waals surface area (Å²) in [6.45, 7) is 0. The smallest absolute Gasteiger partial charge is 0.143 e. The van der Waals surface area contributed by atoms with Gasteiger partial charge in [0.25, 0.3) is 0 Å². The van der Waals surface area contributed by atoms with Gasteiger partial charge in [-0.1, -0.05) is 18.2 Å². The van der Waals surface area contributed by atoms with Crippen LogP contribution in [0.3, 0.4) is 0 Å². The van der Waals surface area contributed by atoms with Gasteiger partial charge in [0, 0.05) is 11.8 Å². The van der Waals surface area contributed by atoms with Crippen molar-refractivity contribution in [3.05, 3.63) is 29.8 Å². The maximum absolute atomic E-state index is 10.8. The lowest BCUT2D eigenvalue weighted by Crippen LogP contribution is -2.28. The lowest BCUT2D eigenvalue weighted by Gasteiger charge is -2.11. The Balaban J connectivity index is 2.66. The molecule has 0 fully saturated rings. The third-order valence-electron chi connectivity index (χ3n) is 2.18. The highest BCUT2D eigenvalue weighted by Crippen LogP contribution is 2.33. The molecule has 2 rings (SSSR count). The van der Waals surface area contributed by atoms with Gasteiger partial charge in [-0.05, 0) is 6.07 Å². The van der Waals surface area contributed by atoms with Crippen molar-refractivity contribution in [1.82, 2.24) is 0 Å². The van der Waals surface area contributed by atoms with E-state index in [4.69, 9.17) is 0 Å². The fourth-order valence-electron chi connectivity index (χ4n) is 1.41. The van der Waals surface area contributed by atoms with E-state index in [0.717, 1.165) is 0 Å². The number of carbonyl (C=O) groups is 2. The molecule has 0 bridgehead atoms. The number of para-hydroxylation sites is 1. The van der Waals surface area contributed by atoms with Gasteiger partial charge in [0.15, 0.2) is 0 Å². The number of hydrogen-bond acceptors (Lipinski definition) is 3. The molecular weight excluding hydrogens is 166 g/mol. The summed E-state index contributed by atoms with van der Waals surface area (Å²) in [5.74, 6) is 0. The zero-order chi connectivity index (χ0) is 9.31. The van der Waals surface area contributed by atoms with E-state index in [2.05, 4.69) is 4.99 Å². The molecule has 0 saturated carbocycles. The minimum absolute atomic E-state index is 0.620. The normalized spacial score (nSPS) is 16.6. The van der Waals surface area contributed by atoms with Crippen LogP contribution >= 0.6 is 0 Å². The van der Waals surface area contributed by atoms with E-state index >= 15 is 0 Å². The average molecular weight is 173 g/mol. The van der Waals surface area contributed by atoms with E-state index in [-0.39, 0.29) is 0 Å². The molecule has 1 aromatic rings. The van der Waals surface area contributed by atoms with Crippen LogP contribution in [0.5, 0.6) is 0 Å². The average Bonchev–Trinajstić information content (AvgIpc) is 2.58. The van der Waals surface area contributed by atoms with Gasteiger partial charge in [0.1, 0.15) is 18.0 Å². The van der Waals surface area contributed by atoms with E-state index in [1.54, 1.807) is 18.2 Å². The molecule has 0 amide bonds. The van der Waals surface area contributed by atoms with Gasteiger partial charge in [-0.15, -0.1) is 0 Å². The van der Waals surface area contributed by atoms with Gasteiger partial charge in [0.2, 0.25) is 0 Å². The van der Waals surface area contributed by atoms with E-state index in [1.807, 2.05) is 6.07 Å². The zero-order valence-corrected chi connectivity index (χ0v) is 6.81. The number of nitrogens with zero attached hydrogens (tertiary/aromatic N) is 1. The van der Waals surface area contributed by atoms with Crippen LogP contribution in [0.2, 0.25) is 0 Å². The number of benzene rings is 1. The Morgan fingerprint density at radius 3 is 2.54 bits per heavy atom. The minimum Gasteiger partial charge on any atom is -0.301 e. The van der Waals surface area contributed by atoms with Crippen LogP contribution in [0.25, 0.3) is 0 Å². The number of hydrogen-bond donors (Lipinski definition) is 0. The SMILES string of the molecule is O=CC1(C=O)C=Nc2ccccc21. The number of carbonyl (C=O) groups excluding carboxylic acids is 2. The third kappa shape index (κ3) is 0.935. The summed E-state index contributed by atoms with van der Waals surface area (Å²) in [5, 5.41) is 0. The molecular formula is C10H7NO2. The second kappa shape index (κ2) is 2.62. The molecule has 0 aromatic heterocycles. The first-order valence-electron chi connectivity index (χ1n) is 3.90. The summed E-state index contributed by atoms with van der Waals surface area (Å²) in [6.07, 6.45) is 2.63. The van der Waals surface area contributed by atoms with Crippen molar-refractivity contribution in [3.8, 4) is 0 Å². The van der Waals surface area contributed by atoms with Crippen LogP contribution in [0.1, 0.15) is 5.56 Å². The van der Waals surface area contributed by atoms with Gasteiger partial charge in [-0.2, -0.15) is 0 Å². The standard InChI is InChI=1S/C10H7NO2/c12-6-10(7-13)5-11-9-4-2-1-3-8(9)10/h1-7H. The lowest BCUT2D eigenvalue weighted by atomic mass is 9.86. The molecule has 3 heteroatoms. The molecule has 3 nitrogen and oxygen atoms in total. The van der Waals surface area contributed by atoms with Crippen molar-refractivity contribution < 1.29 is 9.59 Å². The first-order valence-corrected chi connectivity index (χ1v) is 3.90. The van der Waals surface area contributed by atoms with E-state index in [1.165, 1.54) is 6.21 Å². The Labute approximate surface area is 75.1 Å². The van der Waals surface area contributed by atoms with Crippen molar-refractivity contribution >= 4 is 24.5 Å². The fourth-order valence-corrected chi connectivity index (χ4v) is 1.41. The monoisotopic (exact) mass is 173 g/mol. The Hall–Kier alpha value is -1.77. The Kier molecular flexibility index (Phi) is 1.59. The topological polar surface area (TPSA) is 46.5 Å². The van der Waals surface area contributed by atoms with Crippen LogP contribution in [-0.4, -0.2) is 18.8 Å². The highest BCUT2D eigenvalue weighted by molar-refractivity contribution is 6.14. The molecule has 1 aliphatic rings. The van der Waals surface area contributed by atoms with Crippen LogP contribution in [0.15, 0.2) is 29.3 Å². The van der Waals surface area contributed by atoms with E-state index in [9.17, 15) is 9.59 Å². The van der Waals surface area contributed by atoms with Gasteiger partial charge in [-0.25, -0.2) is 0 Å².